The Bertz CT molecular complexity index is 361. The number of aryl methyl sites for hydroxylation is 2. The number of anilines is 1. The number of alkyl halides is 3. The first-order valence-corrected chi connectivity index (χ1v) is 5.06. The highest BCUT2D eigenvalue weighted by Crippen LogP contribution is 2.19. The Morgan fingerprint density at radius 3 is 2.18 bits per heavy atom. The summed E-state index contributed by atoms with van der Waals surface area (Å²) in [5.74, 6) is -0.00567. The van der Waals surface area contributed by atoms with Gasteiger partial charge in [0, 0.05) is 17.9 Å². The Hall–Kier alpha value is -1.37. The van der Waals surface area contributed by atoms with E-state index in [1.807, 2.05) is 0 Å². The van der Waals surface area contributed by atoms with Crippen LogP contribution < -0.4 is 4.90 Å². The zero-order chi connectivity index (χ0) is 13.1. The van der Waals surface area contributed by atoms with Gasteiger partial charge in [-0.2, -0.15) is 13.2 Å². The van der Waals surface area contributed by atoms with E-state index in [1.165, 1.54) is 0 Å². The Morgan fingerprint density at radius 1 is 1.24 bits per heavy atom. The summed E-state index contributed by atoms with van der Waals surface area (Å²) in [6.07, 6.45) is -4.35. The van der Waals surface area contributed by atoms with Gasteiger partial charge in [0.05, 0.1) is 6.61 Å². The molecule has 0 aliphatic heterocycles. The lowest BCUT2D eigenvalue weighted by atomic mass is 10.3. The predicted octanol–water partition coefficient (Wildman–Crippen LogP) is 1.45. The molecule has 0 aliphatic carbocycles. The van der Waals surface area contributed by atoms with Crippen molar-refractivity contribution in [2.75, 3.05) is 24.6 Å². The van der Waals surface area contributed by atoms with Crippen molar-refractivity contribution in [2.45, 2.75) is 20.0 Å². The predicted molar refractivity (Wildman–Crippen MR) is 56.9 cm³/mol. The van der Waals surface area contributed by atoms with Crippen LogP contribution >= 0.6 is 0 Å². The summed E-state index contributed by atoms with van der Waals surface area (Å²) in [7, 11) is 0. The minimum Gasteiger partial charge on any atom is -0.395 e. The lowest BCUT2D eigenvalue weighted by Gasteiger charge is -2.23. The van der Waals surface area contributed by atoms with E-state index < -0.39 is 12.7 Å². The number of nitrogens with zero attached hydrogens (tertiary/aromatic N) is 3. The third-order valence-corrected chi connectivity index (χ3v) is 1.99. The molecule has 0 spiro atoms. The fourth-order valence-corrected chi connectivity index (χ4v) is 1.44. The summed E-state index contributed by atoms with van der Waals surface area (Å²) in [4.78, 5) is 8.80. The summed E-state index contributed by atoms with van der Waals surface area (Å²) in [6.45, 7) is 1.66. The van der Waals surface area contributed by atoms with Gasteiger partial charge >= 0.3 is 6.18 Å². The molecule has 96 valence electrons. The van der Waals surface area contributed by atoms with Gasteiger partial charge in [-0.3, -0.25) is 0 Å². The molecule has 1 heterocycles. The Labute approximate surface area is 97.1 Å². The quantitative estimate of drug-likeness (QED) is 0.877. The molecule has 0 saturated carbocycles. The number of aliphatic hydroxyl groups excluding tert-OH is 1. The Kier molecular flexibility index (Phi) is 4.28. The smallest absolute Gasteiger partial charge is 0.395 e. The Balaban J connectivity index is 2.96. The highest BCUT2D eigenvalue weighted by Gasteiger charge is 2.31. The third-order valence-electron chi connectivity index (χ3n) is 1.99. The molecular weight excluding hydrogens is 235 g/mol. The molecule has 0 aliphatic rings. The zero-order valence-corrected chi connectivity index (χ0v) is 9.62. The first-order chi connectivity index (χ1) is 7.81. The molecular formula is C10H14F3N3O. The first kappa shape index (κ1) is 13.7. The number of aliphatic hydroxyl groups is 1. The molecule has 17 heavy (non-hydrogen) atoms. The van der Waals surface area contributed by atoms with Crippen molar-refractivity contribution in [1.29, 1.82) is 0 Å². The van der Waals surface area contributed by atoms with Crippen LogP contribution in [0.3, 0.4) is 0 Å². The van der Waals surface area contributed by atoms with Crippen LogP contribution in [0.4, 0.5) is 19.1 Å². The second-order valence-corrected chi connectivity index (χ2v) is 3.71. The maximum atomic E-state index is 12.3. The van der Waals surface area contributed by atoms with Gasteiger partial charge in [0.2, 0.25) is 5.95 Å². The molecule has 1 aromatic heterocycles. The summed E-state index contributed by atoms with van der Waals surface area (Å²) in [5, 5.41) is 8.77. The summed E-state index contributed by atoms with van der Waals surface area (Å²) < 4.78 is 37.0. The largest absolute Gasteiger partial charge is 0.406 e. The molecule has 7 heteroatoms. The summed E-state index contributed by atoms with van der Waals surface area (Å²) in [5.41, 5.74) is 1.19. The SMILES string of the molecule is Cc1cc(C)nc(N(CCO)CC(F)(F)F)n1. The van der Waals surface area contributed by atoms with Gasteiger partial charge < -0.3 is 10.0 Å². The van der Waals surface area contributed by atoms with Crippen molar-refractivity contribution in [2.24, 2.45) is 0 Å². The molecule has 0 atom stereocenters. The fourth-order valence-electron chi connectivity index (χ4n) is 1.44. The maximum Gasteiger partial charge on any atom is 0.406 e. The molecule has 0 radical (unpaired) electrons. The topological polar surface area (TPSA) is 49.2 Å². The fraction of sp³-hybridized carbons (Fsp3) is 0.600. The van der Waals surface area contributed by atoms with E-state index in [9.17, 15) is 13.2 Å². The van der Waals surface area contributed by atoms with Crippen molar-refractivity contribution in [3.8, 4) is 0 Å². The molecule has 0 bridgehead atoms. The number of halogens is 3. The number of hydrogen-bond donors (Lipinski definition) is 1. The second kappa shape index (κ2) is 5.31. The van der Waals surface area contributed by atoms with Gasteiger partial charge in [-0.05, 0) is 19.9 Å². The van der Waals surface area contributed by atoms with Gasteiger partial charge in [0.25, 0.3) is 0 Å². The average Bonchev–Trinajstić information content (AvgIpc) is 2.13. The molecule has 1 rings (SSSR count). The van der Waals surface area contributed by atoms with Crippen LogP contribution in [-0.2, 0) is 0 Å². The van der Waals surface area contributed by atoms with Crippen molar-refractivity contribution < 1.29 is 18.3 Å². The number of aromatic nitrogens is 2. The van der Waals surface area contributed by atoms with Gasteiger partial charge in [-0.1, -0.05) is 0 Å². The van der Waals surface area contributed by atoms with Crippen LogP contribution in [0.5, 0.6) is 0 Å². The lowest BCUT2D eigenvalue weighted by Crippen LogP contribution is -2.37. The van der Waals surface area contributed by atoms with Crippen molar-refractivity contribution in [1.82, 2.24) is 9.97 Å². The van der Waals surface area contributed by atoms with E-state index in [0.717, 1.165) is 4.90 Å². The van der Waals surface area contributed by atoms with E-state index in [-0.39, 0.29) is 19.1 Å². The first-order valence-electron chi connectivity index (χ1n) is 5.06. The standard InChI is InChI=1S/C10H14F3N3O/c1-7-5-8(2)15-9(14-7)16(3-4-17)6-10(11,12)13/h5,17H,3-4,6H2,1-2H3. The van der Waals surface area contributed by atoms with Crippen molar-refractivity contribution in [3.05, 3.63) is 17.5 Å². The van der Waals surface area contributed by atoms with Crippen LogP contribution in [0.15, 0.2) is 6.07 Å². The zero-order valence-electron chi connectivity index (χ0n) is 9.62. The van der Waals surface area contributed by atoms with Gasteiger partial charge in [0.1, 0.15) is 6.54 Å². The normalized spacial score (nSPS) is 11.6. The van der Waals surface area contributed by atoms with Gasteiger partial charge in [-0.15, -0.1) is 0 Å². The van der Waals surface area contributed by atoms with Crippen LogP contribution in [-0.4, -0.2) is 40.9 Å². The molecule has 1 aromatic rings. The minimum atomic E-state index is -4.35. The molecule has 4 nitrogen and oxygen atoms in total. The van der Waals surface area contributed by atoms with Crippen LogP contribution in [0, 0.1) is 13.8 Å². The van der Waals surface area contributed by atoms with E-state index in [1.54, 1.807) is 19.9 Å². The van der Waals surface area contributed by atoms with Crippen LogP contribution in [0.25, 0.3) is 0 Å². The number of hydrogen-bond acceptors (Lipinski definition) is 4. The van der Waals surface area contributed by atoms with Crippen molar-refractivity contribution >= 4 is 5.95 Å². The highest BCUT2D eigenvalue weighted by molar-refractivity contribution is 5.32. The molecule has 0 saturated heterocycles. The van der Waals surface area contributed by atoms with E-state index >= 15 is 0 Å². The van der Waals surface area contributed by atoms with E-state index in [4.69, 9.17) is 5.11 Å². The summed E-state index contributed by atoms with van der Waals surface area (Å²) in [6, 6.07) is 1.67. The van der Waals surface area contributed by atoms with Crippen molar-refractivity contribution in [3.63, 3.8) is 0 Å². The van der Waals surface area contributed by atoms with Crippen LogP contribution in [0.1, 0.15) is 11.4 Å². The second-order valence-electron chi connectivity index (χ2n) is 3.71. The monoisotopic (exact) mass is 249 g/mol. The highest BCUT2D eigenvalue weighted by atomic mass is 19.4. The molecule has 1 N–H and O–H groups in total. The van der Waals surface area contributed by atoms with Gasteiger partial charge in [-0.25, -0.2) is 9.97 Å². The van der Waals surface area contributed by atoms with E-state index in [2.05, 4.69) is 9.97 Å². The molecule has 0 unspecified atom stereocenters. The summed E-state index contributed by atoms with van der Waals surface area (Å²) >= 11 is 0. The average molecular weight is 249 g/mol. The number of rotatable bonds is 4. The van der Waals surface area contributed by atoms with E-state index in [0.29, 0.717) is 11.4 Å². The molecule has 0 aromatic carbocycles. The maximum absolute atomic E-state index is 12.3. The Morgan fingerprint density at radius 2 is 1.76 bits per heavy atom. The minimum absolute atomic E-state index is 0.00567. The lowest BCUT2D eigenvalue weighted by molar-refractivity contribution is -0.120. The molecule has 0 fully saturated rings. The molecule has 0 amide bonds. The van der Waals surface area contributed by atoms with Gasteiger partial charge in [0.15, 0.2) is 0 Å². The third kappa shape index (κ3) is 4.56. The van der Waals surface area contributed by atoms with Crippen LogP contribution in [0.2, 0.25) is 0 Å².